The van der Waals surface area contributed by atoms with E-state index in [-0.39, 0.29) is 11.9 Å². The molecular weight excluding hydrogens is 215 g/mol. The molecule has 3 N–H and O–H groups in total. The molecule has 4 heteroatoms. The van der Waals surface area contributed by atoms with Gasteiger partial charge < -0.3 is 0 Å². The van der Waals surface area contributed by atoms with Gasteiger partial charge in [-0.05, 0) is 24.5 Å². The Hall–Kier alpha value is -0.640. The van der Waals surface area contributed by atoms with Gasteiger partial charge in [0, 0.05) is 16.6 Å². The van der Waals surface area contributed by atoms with Gasteiger partial charge in [-0.15, -0.1) is 0 Å². The van der Waals surface area contributed by atoms with Crippen molar-refractivity contribution >= 4 is 11.6 Å². The average molecular weight is 231 g/mol. The van der Waals surface area contributed by atoms with Crippen molar-refractivity contribution in [3.63, 3.8) is 0 Å². The van der Waals surface area contributed by atoms with Gasteiger partial charge in [-0.3, -0.25) is 11.3 Å². The summed E-state index contributed by atoms with van der Waals surface area (Å²) in [5.74, 6) is 5.46. The lowest BCUT2D eigenvalue weighted by molar-refractivity contribution is 0.399. The van der Waals surface area contributed by atoms with Crippen LogP contribution in [0.5, 0.6) is 0 Å². The monoisotopic (exact) mass is 230 g/mol. The second-order valence-electron chi connectivity index (χ2n) is 3.92. The van der Waals surface area contributed by atoms with Crippen molar-refractivity contribution < 1.29 is 4.39 Å². The van der Waals surface area contributed by atoms with Crippen molar-refractivity contribution in [1.82, 2.24) is 5.43 Å². The van der Waals surface area contributed by atoms with E-state index in [4.69, 9.17) is 17.4 Å². The van der Waals surface area contributed by atoms with Gasteiger partial charge in [-0.1, -0.05) is 31.5 Å². The van der Waals surface area contributed by atoms with Gasteiger partial charge in [0.1, 0.15) is 5.82 Å². The van der Waals surface area contributed by atoms with Crippen LogP contribution in [0.2, 0.25) is 5.02 Å². The molecule has 0 aliphatic heterocycles. The fourth-order valence-corrected chi connectivity index (χ4v) is 1.67. The first-order valence-corrected chi connectivity index (χ1v) is 5.33. The van der Waals surface area contributed by atoms with Crippen LogP contribution in [0, 0.1) is 11.7 Å². The highest BCUT2D eigenvalue weighted by Crippen LogP contribution is 2.21. The topological polar surface area (TPSA) is 38.0 Å². The summed E-state index contributed by atoms with van der Waals surface area (Å²) in [5, 5.41) is 0.455. The molecule has 0 saturated carbocycles. The molecule has 2 nitrogen and oxygen atoms in total. The van der Waals surface area contributed by atoms with Gasteiger partial charge in [-0.25, -0.2) is 4.39 Å². The third-order valence-electron chi connectivity index (χ3n) is 2.50. The highest BCUT2D eigenvalue weighted by atomic mass is 35.5. The van der Waals surface area contributed by atoms with Gasteiger partial charge in [0.05, 0.1) is 0 Å². The molecule has 1 aromatic carbocycles. The molecule has 0 amide bonds. The lowest BCUT2D eigenvalue weighted by Gasteiger charge is -2.20. The molecule has 1 atom stereocenters. The zero-order valence-electron chi connectivity index (χ0n) is 8.93. The van der Waals surface area contributed by atoms with E-state index < -0.39 is 0 Å². The fraction of sp³-hybridized carbons (Fsp3) is 0.455. The molecule has 0 fully saturated rings. The maximum Gasteiger partial charge on any atom is 0.127 e. The molecule has 0 heterocycles. The largest absolute Gasteiger partial charge is 0.271 e. The predicted molar refractivity (Wildman–Crippen MR) is 61.1 cm³/mol. The number of hydrogen-bond acceptors (Lipinski definition) is 2. The van der Waals surface area contributed by atoms with Crippen molar-refractivity contribution in [1.29, 1.82) is 0 Å². The maximum absolute atomic E-state index is 13.5. The van der Waals surface area contributed by atoms with E-state index in [9.17, 15) is 4.39 Å². The minimum Gasteiger partial charge on any atom is -0.271 e. The zero-order chi connectivity index (χ0) is 11.4. The molecule has 0 radical (unpaired) electrons. The quantitative estimate of drug-likeness (QED) is 0.616. The minimum absolute atomic E-state index is 0.0272. The Morgan fingerprint density at radius 3 is 2.60 bits per heavy atom. The number of halogens is 2. The number of nitrogens with one attached hydrogen (secondary N) is 1. The van der Waals surface area contributed by atoms with Gasteiger partial charge >= 0.3 is 0 Å². The third kappa shape index (κ3) is 3.16. The normalized spacial score (nSPS) is 13.2. The Balaban J connectivity index is 2.87. The number of nitrogens with two attached hydrogens (primary N) is 1. The summed E-state index contributed by atoms with van der Waals surface area (Å²) in [6, 6.07) is 4.73. The summed E-state index contributed by atoms with van der Waals surface area (Å²) >= 11 is 5.93. The molecule has 1 aromatic rings. The van der Waals surface area contributed by atoms with Crippen molar-refractivity contribution in [2.45, 2.75) is 26.3 Å². The van der Waals surface area contributed by atoms with Crippen LogP contribution in [0.1, 0.15) is 19.4 Å². The summed E-state index contributed by atoms with van der Waals surface area (Å²) in [6.07, 6.45) is 0.500. The van der Waals surface area contributed by atoms with Gasteiger partial charge in [0.15, 0.2) is 0 Å². The molecule has 0 spiro atoms. The molecule has 0 aliphatic rings. The lowest BCUT2D eigenvalue weighted by Crippen LogP contribution is -2.40. The summed E-state index contributed by atoms with van der Waals surface area (Å²) in [5.41, 5.74) is 3.20. The first kappa shape index (κ1) is 12.4. The molecule has 1 rings (SSSR count). The highest BCUT2D eigenvalue weighted by molar-refractivity contribution is 6.31. The number of benzene rings is 1. The lowest BCUT2D eigenvalue weighted by atomic mass is 9.97. The third-order valence-corrected chi connectivity index (χ3v) is 2.86. The number of hydrazine groups is 1. The van der Waals surface area contributed by atoms with E-state index in [2.05, 4.69) is 5.43 Å². The molecule has 0 bridgehead atoms. The van der Waals surface area contributed by atoms with Crippen LogP contribution in [0.25, 0.3) is 0 Å². The minimum atomic E-state index is -0.275. The molecule has 0 saturated heterocycles. The molecule has 84 valence electrons. The first-order valence-electron chi connectivity index (χ1n) is 4.95. The molecule has 15 heavy (non-hydrogen) atoms. The van der Waals surface area contributed by atoms with Crippen LogP contribution in [-0.4, -0.2) is 6.04 Å². The Morgan fingerprint density at radius 1 is 1.47 bits per heavy atom. The summed E-state index contributed by atoms with van der Waals surface area (Å²) < 4.78 is 13.5. The van der Waals surface area contributed by atoms with E-state index in [1.165, 1.54) is 6.07 Å². The van der Waals surface area contributed by atoms with Crippen LogP contribution in [-0.2, 0) is 6.42 Å². The highest BCUT2D eigenvalue weighted by Gasteiger charge is 2.16. The SMILES string of the molecule is CC(C)C(Cc1c(F)cccc1Cl)NN. The van der Waals surface area contributed by atoms with E-state index in [0.29, 0.717) is 22.9 Å². The Kier molecular flexibility index (Phi) is 4.51. The van der Waals surface area contributed by atoms with Gasteiger partial charge in [0.25, 0.3) is 0 Å². The van der Waals surface area contributed by atoms with Crippen molar-refractivity contribution in [2.75, 3.05) is 0 Å². The predicted octanol–water partition coefficient (Wildman–Crippen LogP) is 2.51. The second kappa shape index (κ2) is 5.45. The van der Waals surface area contributed by atoms with E-state index in [0.717, 1.165) is 0 Å². The van der Waals surface area contributed by atoms with Crippen LogP contribution in [0.15, 0.2) is 18.2 Å². The van der Waals surface area contributed by atoms with Crippen molar-refractivity contribution in [3.8, 4) is 0 Å². The van der Waals surface area contributed by atoms with E-state index >= 15 is 0 Å². The van der Waals surface area contributed by atoms with E-state index in [1.807, 2.05) is 13.8 Å². The van der Waals surface area contributed by atoms with Crippen LogP contribution >= 0.6 is 11.6 Å². The second-order valence-corrected chi connectivity index (χ2v) is 4.33. The Labute approximate surface area is 94.6 Å². The summed E-state index contributed by atoms with van der Waals surface area (Å²) in [7, 11) is 0. The number of hydrogen-bond donors (Lipinski definition) is 2. The van der Waals surface area contributed by atoms with Crippen molar-refractivity contribution in [2.24, 2.45) is 11.8 Å². The van der Waals surface area contributed by atoms with E-state index in [1.54, 1.807) is 12.1 Å². The molecule has 1 unspecified atom stereocenters. The first-order chi connectivity index (χ1) is 7.06. The van der Waals surface area contributed by atoms with Crippen LogP contribution < -0.4 is 11.3 Å². The van der Waals surface area contributed by atoms with Gasteiger partial charge in [-0.2, -0.15) is 0 Å². The van der Waals surface area contributed by atoms with Gasteiger partial charge in [0.2, 0.25) is 0 Å². The zero-order valence-corrected chi connectivity index (χ0v) is 9.68. The van der Waals surface area contributed by atoms with Crippen LogP contribution in [0.4, 0.5) is 4.39 Å². The molecular formula is C11H16ClFN2. The molecule has 0 aromatic heterocycles. The summed E-state index contributed by atoms with van der Waals surface area (Å²) in [4.78, 5) is 0. The maximum atomic E-state index is 13.5. The van der Waals surface area contributed by atoms with Crippen molar-refractivity contribution in [3.05, 3.63) is 34.6 Å². The number of rotatable bonds is 4. The van der Waals surface area contributed by atoms with Crippen LogP contribution in [0.3, 0.4) is 0 Å². The smallest absolute Gasteiger partial charge is 0.127 e. The average Bonchev–Trinajstić information content (AvgIpc) is 2.17. The standard InChI is InChI=1S/C11H16ClFN2/c1-7(2)11(15-14)6-8-9(12)4-3-5-10(8)13/h3-5,7,11,15H,6,14H2,1-2H3. The fourth-order valence-electron chi connectivity index (χ4n) is 1.43. The molecule has 0 aliphatic carbocycles. The Morgan fingerprint density at radius 2 is 2.13 bits per heavy atom. The Bertz CT molecular complexity index is 308. The summed E-state index contributed by atoms with van der Waals surface area (Å²) in [6.45, 7) is 4.05.